The van der Waals surface area contributed by atoms with E-state index in [4.69, 9.17) is 0 Å². The first kappa shape index (κ1) is 16.8. The van der Waals surface area contributed by atoms with Crippen molar-refractivity contribution in [3.8, 4) is 11.3 Å². The molecule has 6 heterocycles. The number of carbonyl (C=O) groups is 1. The van der Waals surface area contributed by atoms with Gasteiger partial charge in [0.25, 0.3) is 0 Å². The molecule has 0 aromatic carbocycles. The van der Waals surface area contributed by atoms with E-state index in [1.54, 1.807) is 10.9 Å². The average Bonchev–Trinajstić information content (AvgIpc) is 2.90. The van der Waals surface area contributed by atoms with Crippen molar-refractivity contribution in [2.24, 2.45) is 7.05 Å². The van der Waals surface area contributed by atoms with Crippen molar-refractivity contribution in [1.82, 2.24) is 34.7 Å². The number of nitrogens with zero attached hydrogens (tertiary/aromatic N) is 7. The van der Waals surface area contributed by atoms with E-state index in [0.29, 0.717) is 6.54 Å². The minimum Gasteiger partial charge on any atom is -0.337 e. The van der Waals surface area contributed by atoms with Crippen molar-refractivity contribution in [3.05, 3.63) is 29.7 Å². The Balaban J connectivity index is 1.36. The number of amides is 1. The average molecular weight is 367 g/mol. The minimum atomic E-state index is 0.00962. The van der Waals surface area contributed by atoms with E-state index >= 15 is 0 Å². The van der Waals surface area contributed by atoms with E-state index in [2.05, 4.69) is 31.2 Å². The fraction of sp³-hybridized carbons (Fsp3) is 0.579. The van der Waals surface area contributed by atoms with Gasteiger partial charge in [-0.2, -0.15) is 15.3 Å². The van der Waals surface area contributed by atoms with Crippen molar-refractivity contribution in [3.63, 3.8) is 0 Å². The third-order valence-corrected chi connectivity index (χ3v) is 6.03. The molecular weight excluding hydrogens is 342 g/mol. The van der Waals surface area contributed by atoms with Crippen LogP contribution in [0.25, 0.3) is 11.3 Å². The van der Waals surface area contributed by atoms with Crippen molar-refractivity contribution < 1.29 is 4.79 Å². The molecule has 8 heteroatoms. The summed E-state index contributed by atoms with van der Waals surface area (Å²) in [4.78, 5) is 20.1. The monoisotopic (exact) mass is 367 g/mol. The maximum absolute atomic E-state index is 13.3. The summed E-state index contributed by atoms with van der Waals surface area (Å²) in [6.45, 7) is 6.49. The molecule has 2 aromatic heterocycles. The van der Waals surface area contributed by atoms with Crippen molar-refractivity contribution in [1.29, 1.82) is 0 Å². The number of aromatic nitrogens is 4. The second-order valence-corrected chi connectivity index (χ2v) is 7.82. The van der Waals surface area contributed by atoms with Crippen LogP contribution in [-0.2, 0) is 24.8 Å². The normalized spacial score (nSPS) is 27.3. The lowest BCUT2D eigenvalue weighted by atomic mass is 10.0. The van der Waals surface area contributed by atoms with Crippen LogP contribution in [0.15, 0.2) is 18.5 Å². The lowest BCUT2D eigenvalue weighted by Crippen LogP contribution is -2.58. The molecule has 4 aliphatic rings. The van der Waals surface area contributed by atoms with Crippen LogP contribution in [0, 0.1) is 0 Å². The zero-order chi connectivity index (χ0) is 18.4. The first-order valence-electron chi connectivity index (χ1n) is 9.77. The van der Waals surface area contributed by atoms with Crippen LogP contribution in [0.2, 0.25) is 0 Å². The number of aryl methyl sites for hydroxylation is 1. The van der Waals surface area contributed by atoms with Crippen molar-refractivity contribution >= 4 is 5.91 Å². The molecule has 8 nitrogen and oxygen atoms in total. The van der Waals surface area contributed by atoms with Crippen LogP contribution in [0.3, 0.4) is 0 Å². The predicted molar refractivity (Wildman–Crippen MR) is 99.8 cm³/mol. The Kier molecular flexibility index (Phi) is 4.17. The van der Waals surface area contributed by atoms with Gasteiger partial charge in [0.15, 0.2) is 0 Å². The maximum Gasteiger partial charge on any atom is 0.241 e. The number of fused-ring (bicyclic) bond motifs is 5. The molecule has 3 unspecified atom stereocenters. The maximum atomic E-state index is 13.3. The number of hydrogen-bond donors (Lipinski definition) is 0. The van der Waals surface area contributed by atoms with Crippen LogP contribution >= 0.6 is 0 Å². The Bertz CT molecular complexity index is 859. The Morgan fingerprint density at radius 3 is 2.93 bits per heavy atom. The molecule has 0 N–H and O–H groups in total. The van der Waals surface area contributed by atoms with Gasteiger partial charge >= 0.3 is 0 Å². The van der Waals surface area contributed by atoms with E-state index < -0.39 is 0 Å². The molecule has 27 heavy (non-hydrogen) atoms. The summed E-state index contributed by atoms with van der Waals surface area (Å²) >= 11 is 0. The van der Waals surface area contributed by atoms with Crippen LogP contribution in [0.4, 0.5) is 0 Å². The van der Waals surface area contributed by atoms with E-state index in [0.717, 1.165) is 74.6 Å². The van der Waals surface area contributed by atoms with Crippen LogP contribution < -0.4 is 0 Å². The Morgan fingerprint density at radius 1 is 1.15 bits per heavy atom. The zero-order valence-corrected chi connectivity index (χ0v) is 15.7. The second-order valence-electron chi connectivity index (χ2n) is 7.82. The van der Waals surface area contributed by atoms with E-state index in [1.165, 1.54) is 0 Å². The summed E-state index contributed by atoms with van der Waals surface area (Å²) < 4.78 is 1.76. The topological polar surface area (TPSA) is 70.4 Å². The lowest BCUT2D eigenvalue weighted by molar-refractivity contribution is -0.139. The van der Waals surface area contributed by atoms with Gasteiger partial charge in [0.05, 0.1) is 17.6 Å². The molecule has 2 aromatic rings. The predicted octanol–water partition coefficient (Wildman–Crippen LogP) is 0.152. The van der Waals surface area contributed by atoms with E-state index in [-0.39, 0.29) is 11.9 Å². The van der Waals surface area contributed by atoms with Crippen molar-refractivity contribution in [2.75, 3.05) is 39.3 Å². The van der Waals surface area contributed by atoms with Crippen LogP contribution in [0.5, 0.6) is 0 Å². The Labute approximate surface area is 158 Å². The molecule has 3 saturated heterocycles. The van der Waals surface area contributed by atoms with Gasteiger partial charge in [0, 0.05) is 64.5 Å². The molecular formula is C19H25N7O. The number of piperazine rings is 1. The fourth-order valence-corrected chi connectivity index (χ4v) is 4.50. The molecule has 0 aliphatic carbocycles. The smallest absolute Gasteiger partial charge is 0.241 e. The fourth-order valence-electron chi connectivity index (χ4n) is 4.50. The molecule has 142 valence electrons. The molecule has 0 spiro atoms. The van der Waals surface area contributed by atoms with Gasteiger partial charge in [-0.1, -0.05) is 0 Å². The van der Waals surface area contributed by atoms with Gasteiger partial charge in [0.2, 0.25) is 5.91 Å². The highest BCUT2D eigenvalue weighted by atomic mass is 16.2. The Morgan fingerprint density at radius 2 is 2.07 bits per heavy atom. The first-order chi connectivity index (χ1) is 13.2. The summed E-state index contributed by atoms with van der Waals surface area (Å²) in [6.07, 6.45) is 5.67. The third kappa shape index (κ3) is 3.12. The first-order valence-corrected chi connectivity index (χ1v) is 9.77. The molecule has 4 aliphatic heterocycles. The van der Waals surface area contributed by atoms with Gasteiger partial charge in [-0.15, -0.1) is 0 Å². The van der Waals surface area contributed by atoms with Gasteiger partial charge in [0.1, 0.15) is 6.04 Å². The van der Waals surface area contributed by atoms with E-state index in [9.17, 15) is 4.79 Å². The van der Waals surface area contributed by atoms with Gasteiger partial charge in [-0.25, -0.2) is 0 Å². The highest BCUT2D eigenvalue weighted by molar-refractivity contribution is 5.82. The van der Waals surface area contributed by atoms with Crippen LogP contribution in [-0.4, -0.2) is 85.9 Å². The van der Waals surface area contributed by atoms with E-state index in [1.807, 2.05) is 18.1 Å². The highest BCUT2D eigenvalue weighted by Crippen LogP contribution is 2.24. The van der Waals surface area contributed by atoms with Crippen LogP contribution in [0.1, 0.15) is 17.7 Å². The SMILES string of the molecule is Cn1cc(-c2cc3c(nn2)CCN(C(=O)C2CN4CCCN2CC4)C3)cn1. The molecule has 0 saturated carbocycles. The molecule has 6 rings (SSSR count). The van der Waals surface area contributed by atoms with Gasteiger partial charge < -0.3 is 4.90 Å². The zero-order valence-electron chi connectivity index (χ0n) is 15.7. The standard InChI is InChI=1S/C19H25N7O/c1-23-11-15(10-20-23)17-9-14-12-26(6-3-16(14)21-22-17)19(27)18-13-24-4-2-5-25(18)8-7-24/h9-11,18H,2-8,12-13H2,1H3. The molecule has 2 bridgehead atoms. The second kappa shape index (κ2) is 6.69. The van der Waals surface area contributed by atoms with Crippen molar-refractivity contribution in [2.45, 2.75) is 25.4 Å². The molecule has 3 atom stereocenters. The summed E-state index contributed by atoms with van der Waals surface area (Å²) in [6, 6.07) is 2.08. The molecule has 0 radical (unpaired) electrons. The lowest BCUT2D eigenvalue weighted by Gasteiger charge is -2.40. The summed E-state index contributed by atoms with van der Waals surface area (Å²) in [5, 5.41) is 13.0. The number of hydrogen-bond acceptors (Lipinski definition) is 6. The third-order valence-electron chi connectivity index (χ3n) is 6.03. The highest BCUT2D eigenvalue weighted by Gasteiger charge is 2.37. The summed E-state index contributed by atoms with van der Waals surface area (Å²) in [5.74, 6) is 0.270. The largest absolute Gasteiger partial charge is 0.337 e. The van der Waals surface area contributed by atoms with Gasteiger partial charge in [-0.3, -0.25) is 19.3 Å². The number of carbonyl (C=O) groups excluding carboxylic acids is 1. The van der Waals surface area contributed by atoms with Gasteiger partial charge in [-0.05, 0) is 24.6 Å². The molecule has 1 amide bonds. The minimum absolute atomic E-state index is 0.00962. The Hall–Kier alpha value is -2.32. The molecule has 3 fully saturated rings. The number of rotatable bonds is 2. The quantitative estimate of drug-likeness (QED) is 0.753. The summed E-state index contributed by atoms with van der Waals surface area (Å²) in [7, 11) is 1.89. The summed E-state index contributed by atoms with van der Waals surface area (Å²) in [5.41, 5.74) is 3.89.